The Balaban J connectivity index is 2.93. The van der Waals surface area contributed by atoms with Gasteiger partial charge in [0.05, 0.1) is 6.10 Å². The first-order valence-corrected chi connectivity index (χ1v) is 9.13. The van der Waals surface area contributed by atoms with Crippen LogP contribution in [0.25, 0.3) is 0 Å². The third kappa shape index (κ3) is 10.5. The van der Waals surface area contributed by atoms with Crippen molar-refractivity contribution in [1.29, 1.82) is 0 Å². The first-order chi connectivity index (χ1) is 13.2. The van der Waals surface area contributed by atoms with Crippen molar-refractivity contribution in [2.75, 3.05) is 0 Å². The summed E-state index contributed by atoms with van der Waals surface area (Å²) in [6.45, 7) is 2.71. The summed E-state index contributed by atoms with van der Waals surface area (Å²) in [4.78, 5) is 58.4. The minimum Gasteiger partial charge on any atom is -0.459 e. The van der Waals surface area contributed by atoms with Crippen LogP contribution in [0.5, 0.6) is 0 Å². The van der Waals surface area contributed by atoms with Crippen LogP contribution in [-0.4, -0.2) is 52.7 Å². The molecule has 0 spiro atoms. The lowest BCUT2D eigenvalue weighted by molar-refractivity contribution is -0.145. The Kier molecular flexibility index (Phi) is 10.0. The highest BCUT2D eigenvalue weighted by Crippen LogP contribution is 2.14. The first-order valence-electron chi connectivity index (χ1n) is 9.13. The van der Waals surface area contributed by atoms with Gasteiger partial charge in [0.2, 0.25) is 0 Å². The van der Waals surface area contributed by atoms with E-state index in [-0.39, 0.29) is 55.9 Å². The lowest BCUT2D eigenvalue weighted by Gasteiger charge is -2.17. The van der Waals surface area contributed by atoms with Gasteiger partial charge in [-0.15, -0.1) is 0 Å². The summed E-state index contributed by atoms with van der Waals surface area (Å²) < 4.78 is 10.4. The minimum absolute atomic E-state index is 0.0152. The monoisotopic (exact) mass is 394 g/mol. The van der Waals surface area contributed by atoms with E-state index in [0.29, 0.717) is 0 Å². The highest BCUT2D eigenvalue weighted by molar-refractivity contribution is 5.96. The Hall–Kier alpha value is -2.61. The van der Waals surface area contributed by atoms with E-state index in [1.807, 2.05) is 0 Å². The first kappa shape index (κ1) is 23.4. The average molecular weight is 394 g/mol. The molecule has 1 rings (SSSR count). The molecular formula is C20H26O8. The van der Waals surface area contributed by atoms with Crippen molar-refractivity contribution in [1.82, 2.24) is 0 Å². The van der Waals surface area contributed by atoms with Crippen molar-refractivity contribution in [3.63, 3.8) is 0 Å². The molecule has 0 aromatic rings. The Morgan fingerprint density at radius 3 is 2.00 bits per heavy atom. The van der Waals surface area contributed by atoms with Crippen LogP contribution in [0.2, 0.25) is 0 Å². The van der Waals surface area contributed by atoms with Crippen LogP contribution in [0, 0.1) is 0 Å². The topological polar surface area (TPSA) is 124 Å². The molecule has 0 fully saturated rings. The molecule has 1 aliphatic rings. The fourth-order valence-electron chi connectivity index (χ4n) is 2.64. The molecule has 1 heterocycles. The number of esters is 2. The predicted molar refractivity (Wildman–Crippen MR) is 98.1 cm³/mol. The Morgan fingerprint density at radius 1 is 0.893 bits per heavy atom. The highest BCUT2D eigenvalue weighted by atomic mass is 16.5. The van der Waals surface area contributed by atoms with Gasteiger partial charge in [-0.25, -0.2) is 9.59 Å². The quantitative estimate of drug-likeness (QED) is 0.709. The minimum atomic E-state index is -1.00. The largest absolute Gasteiger partial charge is 0.459 e. The number of hydrogen-bond acceptors (Lipinski definition) is 8. The number of cyclic esters (lactones) is 2. The van der Waals surface area contributed by atoms with E-state index in [4.69, 9.17) is 9.47 Å². The van der Waals surface area contributed by atoms with Gasteiger partial charge in [0, 0.05) is 31.4 Å². The summed E-state index contributed by atoms with van der Waals surface area (Å²) in [5.41, 5.74) is 0. The fraction of sp³-hybridized carbons (Fsp3) is 0.550. The smallest absolute Gasteiger partial charge is 0.331 e. The third-order valence-electron chi connectivity index (χ3n) is 3.95. The van der Waals surface area contributed by atoms with Gasteiger partial charge < -0.3 is 14.6 Å². The predicted octanol–water partition coefficient (Wildman–Crippen LogP) is 1.38. The molecule has 0 aliphatic carbocycles. The molecule has 3 atom stereocenters. The van der Waals surface area contributed by atoms with Gasteiger partial charge in [-0.3, -0.25) is 14.4 Å². The molecule has 0 bridgehead atoms. The summed E-state index contributed by atoms with van der Waals surface area (Å²) in [5, 5.41) is 9.97. The van der Waals surface area contributed by atoms with Gasteiger partial charge in [0.1, 0.15) is 23.8 Å². The van der Waals surface area contributed by atoms with Crippen LogP contribution in [0.15, 0.2) is 24.3 Å². The maximum atomic E-state index is 11.9. The summed E-state index contributed by atoms with van der Waals surface area (Å²) in [7, 11) is 0. The van der Waals surface area contributed by atoms with Gasteiger partial charge >= 0.3 is 11.9 Å². The molecule has 0 saturated carbocycles. The Bertz CT molecular complexity index is 661. The van der Waals surface area contributed by atoms with E-state index in [1.165, 1.54) is 19.9 Å². The molecule has 0 amide bonds. The number of carbonyl (C=O) groups is 5. The number of aliphatic hydroxyl groups is 1. The zero-order valence-corrected chi connectivity index (χ0v) is 16.1. The molecule has 154 valence electrons. The Labute approximate surface area is 163 Å². The molecule has 0 aromatic carbocycles. The van der Waals surface area contributed by atoms with E-state index in [2.05, 4.69) is 0 Å². The van der Waals surface area contributed by atoms with Gasteiger partial charge in [-0.05, 0) is 45.3 Å². The van der Waals surface area contributed by atoms with Crippen LogP contribution in [0.1, 0.15) is 52.4 Å². The third-order valence-corrected chi connectivity index (χ3v) is 3.95. The van der Waals surface area contributed by atoms with Crippen molar-refractivity contribution in [2.45, 2.75) is 70.7 Å². The maximum absolute atomic E-state index is 11.9. The highest BCUT2D eigenvalue weighted by Gasteiger charge is 2.19. The van der Waals surface area contributed by atoms with Gasteiger partial charge in [0.15, 0.2) is 5.78 Å². The Morgan fingerprint density at radius 2 is 1.43 bits per heavy atom. The van der Waals surface area contributed by atoms with Crippen LogP contribution in [0.3, 0.4) is 0 Å². The molecular weight excluding hydrogens is 368 g/mol. The van der Waals surface area contributed by atoms with Crippen molar-refractivity contribution < 1.29 is 38.6 Å². The standard InChI is InChI=1S/C20H26O8/c1-13(21)11-17-7-3-15(23)6-10-20(26)28-18(12-14(2)22)8-4-16(24)5-9-19(25)27-17/h5-6,9-10,15,17-18,23H,3-4,7-8,11-12H2,1-2H3/b9-5+,10-6+/t15-,17-,18-/m0/s1. The van der Waals surface area contributed by atoms with E-state index in [0.717, 1.165) is 18.2 Å². The molecule has 1 N–H and O–H groups in total. The summed E-state index contributed by atoms with van der Waals surface area (Å²) in [5.74, 6) is -2.25. The van der Waals surface area contributed by atoms with E-state index < -0.39 is 30.3 Å². The summed E-state index contributed by atoms with van der Waals surface area (Å²) >= 11 is 0. The van der Waals surface area contributed by atoms with Crippen LogP contribution >= 0.6 is 0 Å². The van der Waals surface area contributed by atoms with Gasteiger partial charge in [-0.2, -0.15) is 0 Å². The fourth-order valence-corrected chi connectivity index (χ4v) is 2.64. The lowest BCUT2D eigenvalue weighted by atomic mass is 10.0. The number of aliphatic hydroxyl groups excluding tert-OH is 1. The molecule has 0 unspecified atom stereocenters. The number of carbonyl (C=O) groups excluding carboxylic acids is 5. The number of Topliss-reactive ketones (excluding diaryl/α,β-unsaturated/α-hetero) is 2. The number of allylic oxidation sites excluding steroid dienone is 1. The molecule has 28 heavy (non-hydrogen) atoms. The molecule has 1 aliphatic heterocycles. The average Bonchev–Trinajstić information content (AvgIpc) is 2.59. The van der Waals surface area contributed by atoms with E-state index in [9.17, 15) is 29.1 Å². The van der Waals surface area contributed by atoms with Gasteiger partial charge in [0.25, 0.3) is 0 Å². The second-order valence-electron chi connectivity index (χ2n) is 6.77. The second-order valence-corrected chi connectivity index (χ2v) is 6.77. The molecule has 0 aromatic heterocycles. The van der Waals surface area contributed by atoms with E-state index in [1.54, 1.807) is 0 Å². The van der Waals surface area contributed by atoms with Crippen molar-refractivity contribution in [3.05, 3.63) is 24.3 Å². The van der Waals surface area contributed by atoms with Crippen molar-refractivity contribution >= 4 is 29.3 Å². The summed E-state index contributed by atoms with van der Waals surface area (Å²) in [6, 6.07) is 0. The summed E-state index contributed by atoms with van der Waals surface area (Å²) in [6.07, 6.45) is 2.18. The van der Waals surface area contributed by atoms with Crippen molar-refractivity contribution in [2.24, 2.45) is 0 Å². The zero-order valence-electron chi connectivity index (χ0n) is 16.1. The van der Waals surface area contributed by atoms with Crippen LogP contribution in [-0.2, 0) is 33.4 Å². The number of rotatable bonds is 4. The molecule has 8 nitrogen and oxygen atoms in total. The number of ketones is 3. The molecule has 8 heteroatoms. The van der Waals surface area contributed by atoms with Gasteiger partial charge in [-0.1, -0.05) is 0 Å². The van der Waals surface area contributed by atoms with Crippen LogP contribution < -0.4 is 0 Å². The second kappa shape index (κ2) is 12.0. The van der Waals surface area contributed by atoms with Crippen LogP contribution in [0.4, 0.5) is 0 Å². The van der Waals surface area contributed by atoms with E-state index >= 15 is 0 Å². The van der Waals surface area contributed by atoms with Crippen molar-refractivity contribution in [3.8, 4) is 0 Å². The number of hydrogen-bond donors (Lipinski definition) is 1. The zero-order chi connectivity index (χ0) is 21.1. The molecule has 0 radical (unpaired) electrons. The SMILES string of the molecule is CC(=O)C[C@@H]1CCC(=O)/C=C/C(=O)O[C@H](CC(C)=O)CC[C@H](O)/C=C/C(=O)O1. The lowest BCUT2D eigenvalue weighted by Crippen LogP contribution is -2.23. The maximum Gasteiger partial charge on any atom is 0.331 e. The number of ether oxygens (including phenoxy) is 2. The molecule has 0 saturated heterocycles. The normalized spacial score (nSPS) is 27.4.